The molecular formula is C18H22N2O. The molecule has 1 fully saturated rings. The maximum atomic E-state index is 12.4. The van der Waals surface area contributed by atoms with E-state index < -0.39 is 0 Å². The lowest BCUT2D eigenvalue weighted by Gasteiger charge is -2.34. The van der Waals surface area contributed by atoms with Crippen LogP contribution in [-0.2, 0) is 0 Å². The minimum Gasteiger partial charge on any atom is -0.348 e. The zero-order valence-electron chi connectivity index (χ0n) is 12.6. The number of piperidine rings is 1. The van der Waals surface area contributed by atoms with Gasteiger partial charge in [0.2, 0.25) is 0 Å². The summed E-state index contributed by atoms with van der Waals surface area (Å²) in [6, 6.07) is 15.1. The third kappa shape index (κ3) is 3.08. The molecule has 1 heterocycles. The van der Waals surface area contributed by atoms with Crippen molar-refractivity contribution in [3.05, 3.63) is 48.0 Å². The number of carbonyl (C=O) groups is 1. The molecule has 2 aromatic carbocycles. The van der Waals surface area contributed by atoms with Crippen LogP contribution < -0.4 is 10.6 Å². The van der Waals surface area contributed by atoms with Gasteiger partial charge in [-0.3, -0.25) is 4.79 Å². The van der Waals surface area contributed by atoms with E-state index in [9.17, 15) is 4.79 Å². The molecule has 3 unspecified atom stereocenters. The molecule has 0 saturated carbocycles. The van der Waals surface area contributed by atoms with Gasteiger partial charge in [0.15, 0.2) is 0 Å². The molecule has 3 atom stereocenters. The highest BCUT2D eigenvalue weighted by Crippen LogP contribution is 2.17. The van der Waals surface area contributed by atoms with E-state index in [0.717, 1.165) is 29.2 Å². The average molecular weight is 282 g/mol. The van der Waals surface area contributed by atoms with Gasteiger partial charge >= 0.3 is 0 Å². The van der Waals surface area contributed by atoms with Gasteiger partial charge in [-0.05, 0) is 49.6 Å². The summed E-state index contributed by atoms with van der Waals surface area (Å²) in [6.45, 7) is 4.33. The van der Waals surface area contributed by atoms with Crippen LogP contribution in [-0.4, -0.2) is 24.0 Å². The molecule has 110 valence electrons. The van der Waals surface area contributed by atoms with Gasteiger partial charge in [0.1, 0.15) is 0 Å². The average Bonchev–Trinajstić information content (AvgIpc) is 2.49. The zero-order chi connectivity index (χ0) is 14.8. The van der Waals surface area contributed by atoms with Crippen LogP contribution in [0, 0.1) is 0 Å². The van der Waals surface area contributed by atoms with E-state index in [2.05, 4.69) is 30.5 Å². The van der Waals surface area contributed by atoms with Crippen molar-refractivity contribution in [3.8, 4) is 0 Å². The zero-order valence-corrected chi connectivity index (χ0v) is 12.6. The Hall–Kier alpha value is -1.87. The normalized spacial score (nSPS) is 25.7. The fourth-order valence-corrected chi connectivity index (χ4v) is 3.11. The molecule has 1 amide bonds. The number of fused-ring (bicyclic) bond motifs is 1. The van der Waals surface area contributed by atoms with Crippen LogP contribution in [0.4, 0.5) is 0 Å². The largest absolute Gasteiger partial charge is 0.348 e. The second kappa shape index (κ2) is 5.86. The van der Waals surface area contributed by atoms with E-state index in [1.165, 1.54) is 0 Å². The van der Waals surface area contributed by atoms with Gasteiger partial charge in [0.25, 0.3) is 5.91 Å². The van der Waals surface area contributed by atoms with E-state index in [1.807, 2.05) is 36.4 Å². The Morgan fingerprint density at radius 3 is 2.62 bits per heavy atom. The Morgan fingerprint density at radius 2 is 1.86 bits per heavy atom. The van der Waals surface area contributed by atoms with Crippen molar-refractivity contribution >= 4 is 16.7 Å². The van der Waals surface area contributed by atoms with Crippen molar-refractivity contribution in [1.82, 2.24) is 10.6 Å². The number of carbonyl (C=O) groups excluding carboxylic acids is 1. The summed E-state index contributed by atoms with van der Waals surface area (Å²) < 4.78 is 0. The van der Waals surface area contributed by atoms with E-state index in [0.29, 0.717) is 12.1 Å². The number of hydrogen-bond acceptors (Lipinski definition) is 2. The summed E-state index contributed by atoms with van der Waals surface area (Å²) >= 11 is 0. The first-order valence-electron chi connectivity index (χ1n) is 7.69. The van der Waals surface area contributed by atoms with Crippen LogP contribution >= 0.6 is 0 Å². The fraction of sp³-hybridized carbons (Fsp3) is 0.389. The van der Waals surface area contributed by atoms with Crippen LogP contribution in [0.5, 0.6) is 0 Å². The number of nitrogens with one attached hydrogen (secondary N) is 2. The molecule has 1 saturated heterocycles. The molecule has 0 radical (unpaired) electrons. The van der Waals surface area contributed by atoms with Gasteiger partial charge in [0.05, 0.1) is 0 Å². The van der Waals surface area contributed by atoms with Crippen LogP contribution in [0.25, 0.3) is 10.8 Å². The Kier molecular flexibility index (Phi) is 3.93. The Labute approximate surface area is 125 Å². The number of benzene rings is 2. The van der Waals surface area contributed by atoms with E-state index in [1.54, 1.807) is 0 Å². The number of rotatable bonds is 2. The van der Waals surface area contributed by atoms with Gasteiger partial charge in [-0.1, -0.05) is 30.3 Å². The lowest BCUT2D eigenvalue weighted by molar-refractivity contribution is 0.0914. The molecule has 1 aliphatic rings. The summed E-state index contributed by atoms with van der Waals surface area (Å²) in [5.74, 6) is 0.0222. The van der Waals surface area contributed by atoms with Crippen molar-refractivity contribution < 1.29 is 4.79 Å². The topological polar surface area (TPSA) is 41.1 Å². The second-order valence-electron chi connectivity index (χ2n) is 6.08. The lowest BCUT2D eigenvalue weighted by Crippen LogP contribution is -2.54. The van der Waals surface area contributed by atoms with E-state index in [-0.39, 0.29) is 11.9 Å². The van der Waals surface area contributed by atoms with Crippen molar-refractivity contribution in [2.24, 2.45) is 0 Å². The monoisotopic (exact) mass is 282 g/mol. The summed E-state index contributed by atoms with van der Waals surface area (Å²) in [7, 11) is 0. The smallest absolute Gasteiger partial charge is 0.251 e. The molecule has 2 aromatic rings. The molecule has 0 spiro atoms. The van der Waals surface area contributed by atoms with E-state index >= 15 is 0 Å². The first-order valence-corrected chi connectivity index (χ1v) is 7.69. The molecule has 1 aliphatic heterocycles. The maximum absolute atomic E-state index is 12.4. The molecule has 2 N–H and O–H groups in total. The minimum absolute atomic E-state index is 0.0222. The molecule has 3 heteroatoms. The summed E-state index contributed by atoms with van der Waals surface area (Å²) in [5.41, 5.74) is 0.736. The third-order valence-electron chi connectivity index (χ3n) is 4.39. The Morgan fingerprint density at radius 1 is 1.10 bits per heavy atom. The van der Waals surface area contributed by atoms with Crippen molar-refractivity contribution in [3.63, 3.8) is 0 Å². The molecule has 3 rings (SSSR count). The van der Waals surface area contributed by atoms with Crippen LogP contribution in [0.2, 0.25) is 0 Å². The lowest BCUT2D eigenvalue weighted by atomic mass is 9.95. The highest BCUT2D eigenvalue weighted by atomic mass is 16.1. The van der Waals surface area contributed by atoms with Crippen molar-refractivity contribution in [2.75, 3.05) is 0 Å². The maximum Gasteiger partial charge on any atom is 0.251 e. The van der Waals surface area contributed by atoms with Gasteiger partial charge < -0.3 is 10.6 Å². The third-order valence-corrected chi connectivity index (χ3v) is 4.39. The molecule has 21 heavy (non-hydrogen) atoms. The Balaban J connectivity index is 1.74. The van der Waals surface area contributed by atoms with Gasteiger partial charge in [0, 0.05) is 23.7 Å². The van der Waals surface area contributed by atoms with Crippen LogP contribution in [0.3, 0.4) is 0 Å². The SMILES string of the molecule is CC1CCC(NC(=O)c2ccc3ccccc3c2)C(C)N1. The van der Waals surface area contributed by atoms with Gasteiger partial charge in [-0.25, -0.2) is 0 Å². The Bertz CT molecular complexity index is 652. The predicted molar refractivity (Wildman–Crippen MR) is 86.5 cm³/mol. The highest BCUT2D eigenvalue weighted by Gasteiger charge is 2.26. The van der Waals surface area contributed by atoms with Crippen LogP contribution in [0.1, 0.15) is 37.0 Å². The number of amides is 1. The first kappa shape index (κ1) is 14.1. The molecule has 0 bridgehead atoms. The van der Waals surface area contributed by atoms with Crippen molar-refractivity contribution in [1.29, 1.82) is 0 Å². The molecule has 0 aliphatic carbocycles. The second-order valence-corrected chi connectivity index (χ2v) is 6.08. The van der Waals surface area contributed by atoms with Gasteiger partial charge in [-0.15, -0.1) is 0 Å². The summed E-state index contributed by atoms with van der Waals surface area (Å²) in [5, 5.41) is 8.94. The molecular weight excluding hydrogens is 260 g/mol. The summed E-state index contributed by atoms with van der Waals surface area (Å²) in [4.78, 5) is 12.4. The van der Waals surface area contributed by atoms with Crippen LogP contribution in [0.15, 0.2) is 42.5 Å². The van der Waals surface area contributed by atoms with E-state index in [4.69, 9.17) is 0 Å². The standard InChI is InChI=1S/C18H22N2O/c1-12-7-10-17(13(2)19-12)20-18(21)16-9-8-14-5-3-4-6-15(14)11-16/h3-6,8-9,11-13,17,19H,7,10H2,1-2H3,(H,20,21). The quantitative estimate of drug-likeness (QED) is 0.888. The van der Waals surface area contributed by atoms with Crippen molar-refractivity contribution in [2.45, 2.75) is 44.8 Å². The summed E-state index contributed by atoms with van der Waals surface area (Å²) in [6.07, 6.45) is 2.14. The minimum atomic E-state index is 0.0222. The molecule has 0 aromatic heterocycles. The number of hydrogen-bond donors (Lipinski definition) is 2. The molecule has 3 nitrogen and oxygen atoms in total. The highest BCUT2D eigenvalue weighted by molar-refractivity contribution is 5.98. The van der Waals surface area contributed by atoms with Gasteiger partial charge in [-0.2, -0.15) is 0 Å². The fourth-order valence-electron chi connectivity index (χ4n) is 3.11. The predicted octanol–water partition coefficient (Wildman–Crippen LogP) is 3.10. The first-order chi connectivity index (χ1) is 10.1.